The number of aromatic amines is 1. The Morgan fingerprint density at radius 2 is 1.93 bits per heavy atom. The number of aromatic nitrogens is 2. The van der Waals surface area contributed by atoms with Crippen molar-refractivity contribution in [2.24, 2.45) is 0 Å². The molecule has 0 spiro atoms. The van der Waals surface area contributed by atoms with Gasteiger partial charge in [-0.3, -0.25) is 9.59 Å². The molecule has 0 bridgehead atoms. The third kappa shape index (κ3) is 4.34. The Hall–Kier alpha value is -3.07. The molecule has 150 valence electrons. The average Bonchev–Trinajstić information content (AvgIpc) is 3.17. The molecular weight excluding hydrogens is 414 g/mol. The number of thiophene rings is 1. The highest BCUT2D eigenvalue weighted by Gasteiger charge is 2.24. The van der Waals surface area contributed by atoms with Crippen LogP contribution in [0.2, 0.25) is 0 Å². The van der Waals surface area contributed by atoms with Crippen molar-refractivity contribution >= 4 is 37.5 Å². The third-order valence-electron chi connectivity index (χ3n) is 4.23. The first kappa shape index (κ1) is 20.7. The van der Waals surface area contributed by atoms with E-state index < -0.39 is 15.9 Å². The van der Waals surface area contributed by atoms with Crippen LogP contribution in [0.25, 0.3) is 10.2 Å². The smallest absolute Gasteiger partial charge is 0.268 e. The van der Waals surface area contributed by atoms with Gasteiger partial charge in [0.25, 0.3) is 5.56 Å². The maximum Gasteiger partial charge on any atom is 0.268 e. The van der Waals surface area contributed by atoms with E-state index in [0.717, 1.165) is 4.31 Å². The molecule has 3 aromatic rings. The summed E-state index contributed by atoms with van der Waals surface area (Å²) >= 11 is 1.28. The van der Waals surface area contributed by atoms with Crippen molar-refractivity contribution in [1.29, 1.82) is 5.26 Å². The summed E-state index contributed by atoms with van der Waals surface area (Å²) in [5, 5.41) is 10.6. The van der Waals surface area contributed by atoms with Crippen LogP contribution in [0.5, 0.6) is 0 Å². The van der Waals surface area contributed by atoms with Crippen LogP contribution < -0.4 is 5.56 Å². The van der Waals surface area contributed by atoms with Crippen molar-refractivity contribution in [3.63, 3.8) is 0 Å². The molecule has 0 radical (unpaired) electrons. The summed E-state index contributed by atoms with van der Waals surface area (Å²) in [6, 6.07) is 9.09. The van der Waals surface area contributed by atoms with E-state index in [-0.39, 0.29) is 23.5 Å². The SMILES string of the molecule is CN(Cc1nc2ccsc2c(=O)[nH]1)C(=O)CN(C)S(=O)(=O)c1ccc(C#N)cc1. The summed E-state index contributed by atoms with van der Waals surface area (Å²) in [5.74, 6) is -0.146. The Kier molecular flexibility index (Phi) is 5.78. The zero-order valence-electron chi connectivity index (χ0n) is 15.6. The van der Waals surface area contributed by atoms with Crippen LogP contribution in [0, 0.1) is 11.3 Å². The lowest BCUT2D eigenvalue weighted by Gasteiger charge is -2.21. The molecular formula is C18H17N5O4S2. The fraction of sp³-hybridized carbons (Fsp3) is 0.222. The van der Waals surface area contributed by atoms with E-state index >= 15 is 0 Å². The maximum absolute atomic E-state index is 12.6. The van der Waals surface area contributed by atoms with Gasteiger partial charge < -0.3 is 9.88 Å². The number of likely N-dealkylation sites (N-methyl/N-ethyl adjacent to an activating group) is 2. The highest BCUT2D eigenvalue weighted by Crippen LogP contribution is 2.16. The van der Waals surface area contributed by atoms with Gasteiger partial charge in [-0.05, 0) is 35.7 Å². The third-order valence-corrected chi connectivity index (χ3v) is 6.95. The lowest BCUT2D eigenvalue weighted by Crippen LogP contribution is -2.39. The molecule has 0 aliphatic carbocycles. The van der Waals surface area contributed by atoms with Gasteiger partial charge >= 0.3 is 0 Å². The molecule has 2 aromatic heterocycles. The normalized spacial score (nSPS) is 11.5. The molecule has 0 aliphatic rings. The molecule has 0 aliphatic heterocycles. The molecule has 1 N–H and O–H groups in total. The lowest BCUT2D eigenvalue weighted by molar-refractivity contribution is -0.130. The fourth-order valence-electron chi connectivity index (χ4n) is 2.59. The lowest BCUT2D eigenvalue weighted by atomic mass is 10.2. The molecule has 1 amide bonds. The average molecular weight is 431 g/mol. The number of carbonyl (C=O) groups is 1. The second-order valence-corrected chi connectivity index (χ2v) is 9.26. The number of nitrogens with one attached hydrogen (secondary N) is 1. The molecule has 0 saturated heterocycles. The summed E-state index contributed by atoms with van der Waals surface area (Å²) in [5.41, 5.74) is 0.614. The monoisotopic (exact) mass is 431 g/mol. The largest absolute Gasteiger partial charge is 0.337 e. The molecule has 0 atom stereocenters. The van der Waals surface area contributed by atoms with E-state index in [4.69, 9.17) is 5.26 Å². The Morgan fingerprint density at radius 1 is 1.24 bits per heavy atom. The van der Waals surface area contributed by atoms with Gasteiger partial charge in [-0.1, -0.05) is 0 Å². The number of sulfonamides is 1. The second kappa shape index (κ2) is 8.12. The molecule has 0 saturated carbocycles. The molecule has 11 heteroatoms. The van der Waals surface area contributed by atoms with Crippen molar-refractivity contribution in [2.45, 2.75) is 11.4 Å². The van der Waals surface area contributed by atoms with Crippen LogP contribution in [0.15, 0.2) is 45.4 Å². The predicted octanol–water partition coefficient (Wildman–Crippen LogP) is 1.14. The molecule has 9 nitrogen and oxygen atoms in total. The number of fused-ring (bicyclic) bond motifs is 1. The first-order chi connectivity index (χ1) is 13.7. The van der Waals surface area contributed by atoms with Crippen LogP contribution in [-0.2, 0) is 21.4 Å². The van der Waals surface area contributed by atoms with Crippen molar-refractivity contribution < 1.29 is 13.2 Å². The van der Waals surface area contributed by atoms with Crippen molar-refractivity contribution in [3.05, 3.63) is 57.5 Å². The van der Waals surface area contributed by atoms with Gasteiger partial charge in [0.1, 0.15) is 10.5 Å². The number of amides is 1. The number of nitriles is 1. The van der Waals surface area contributed by atoms with Crippen LogP contribution in [0.3, 0.4) is 0 Å². The Bertz CT molecular complexity index is 1260. The fourth-order valence-corrected chi connectivity index (χ4v) is 4.43. The maximum atomic E-state index is 12.6. The molecule has 2 heterocycles. The van der Waals surface area contributed by atoms with E-state index in [0.29, 0.717) is 21.6 Å². The van der Waals surface area contributed by atoms with Crippen LogP contribution >= 0.6 is 11.3 Å². The van der Waals surface area contributed by atoms with E-state index in [2.05, 4.69) is 9.97 Å². The summed E-state index contributed by atoms with van der Waals surface area (Å²) in [4.78, 5) is 32.8. The van der Waals surface area contributed by atoms with Gasteiger partial charge in [0.05, 0.1) is 35.1 Å². The number of nitrogens with zero attached hydrogens (tertiary/aromatic N) is 4. The predicted molar refractivity (Wildman–Crippen MR) is 108 cm³/mol. The van der Waals surface area contributed by atoms with Crippen LogP contribution in [-0.4, -0.2) is 54.1 Å². The number of carbonyl (C=O) groups excluding carboxylic acids is 1. The van der Waals surface area contributed by atoms with Gasteiger partial charge in [0.2, 0.25) is 15.9 Å². The second-order valence-electron chi connectivity index (χ2n) is 6.29. The standard InChI is InChI=1S/C18H17N5O4S2/c1-22(10-15-20-14-7-8-28-17(14)18(25)21-15)16(24)11-23(2)29(26,27)13-5-3-12(9-19)4-6-13/h3-8H,10-11H2,1-2H3,(H,20,21,25). The topological polar surface area (TPSA) is 127 Å². The number of hydrogen-bond acceptors (Lipinski definition) is 7. The van der Waals surface area contributed by atoms with Gasteiger partial charge in [0.15, 0.2) is 0 Å². The summed E-state index contributed by atoms with van der Waals surface area (Å²) < 4.78 is 26.7. The quantitative estimate of drug-likeness (QED) is 0.623. The number of rotatable bonds is 6. The van der Waals surface area contributed by atoms with Gasteiger partial charge in [-0.15, -0.1) is 11.3 Å². The summed E-state index contributed by atoms with van der Waals surface area (Å²) in [7, 11) is -1.08. The van der Waals surface area contributed by atoms with E-state index in [1.54, 1.807) is 11.4 Å². The minimum atomic E-state index is -3.89. The van der Waals surface area contributed by atoms with Crippen molar-refractivity contribution in [2.75, 3.05) is 20.6 Å². The Morgan fingerprint density at radius 3 is 2.59 bits per heavy atom. The highest BCUT2D eigenvalue weighted by atomic mass is 32.2. The Balaban J connectivity index is 1.70. The summed E-state index contributed by atoms with van der Waals surface area (Å²) in [6.45, 7) is -0.353. The van der Waals surface area contributed by atoms with Crippen molar-refractivity contribution in [1.82, 2.24) is 19.2 Å². The van der Waals surface area contributed by atoms with E-state index in [1.165, 1.54) is 54.6 Å². The highest BCUT2D eigenvalue weighted by molar-refractivity contribution is 7.89. The van der Waals surface area contributed by atoms with Crippen LogP contribution in [0.4, 0.5) is 0 Å². The van der Waals surface area contributed by atoms with Gasteiger partial charge in [-0.2, -0.15) is 9.57 Å². The number of H-pyrrole nitrogens is 1. The molecule has 3 rings (SSSR count). The van der Waals surface area contributed by atoms with Gasteiger partial charge in [-0.25, -0.2) is 13.4 Å². The Labute approximate surface area is 170 Å². The zero-order chi connectivity index (χ0) is 21.2. The van der Waals surface area contributed by atoms with Crippen molar-refractivity contribution in [3.8, 4) is 6.07 Å². The van der Waals surface area contributed by atoms with Gasteiger partial charge in [0, 0.05) is 14.1 Å². The first-order valence-electron chi connectivity index (χ1n) is 8.39. The number of hydrogen-bond donors (Lipinski definition) is 1. The number of benzene rings is 1. The molecule has 0 unspecified atom stereocenters. The van der Waals surface area contributed by atoms with Crippen LogP contribution in [0.1, 0.15) is 11.4 Å². The first-order valence-corrected chi connectivity index (χ1v) is 10.7. The van der Waals surface area contributed by atoms with E-state index in [1.807, 2.05) is 6.07 Å². The molecule has 1 aromatic carbocycles. The molecule has 0 fully saturated rings. The minimum Gasteiger partial charge on any atom is -0.337 e. The zero-order valence-corrected chi connectivity index (χ0v) is 17.2. The summed E-state index contributed by atoms with van der Waals surface area (Å²) in [6.07, 6.45) is 0. The molecule has 29 heavy (non-hydrogen) atoms. The van der Waals surface area contributed by atoms with E-state index in [9.17, 15) is 18.0 Å². The minimum absolute atomic E-state index is 0.0108.